The van der Waals surface area contributed by atoms with E-state index in [1.165, 1.54) is 11.1 Å². The number of thioether (sulfide) groups is 1. The second-order valence-electron chi connectivity index (χ2n) is 6.30. The Bertz CT molecular complexity index is 857. The first kappa shape index (κ1) is 16.2. The van der Waals surface area contributed by atoms with E-state index in [1.54, 1.807) is 11.8 Å². The monoisotopic (exact) mass is 349 g/mol. The molecule has 0 aliphatic carbocycles. The van der Waals surface area contributed by atoms with Crippen LogP contribution < -0.4 is 0 Å². The smallest absolute Gasteiger partial charge is 0.255 e. The molecule has 0 aromatic heterocycles. The average molecular weight is 349 g/mol. The van der Waals surface area contributed by atoms with Crippen molar-refractivity contribution in [3.8, 4) is 0 Å². The van der Waals surface area contributed by atoms with Crippen molar-refractivity contribution < 1.29 is 9.59 Å². The number of Topliss-reactive ketones (excluding diaryl/α,β-unsaturated/α-hetero) is 1. The first-order valence-corrected chi connectivity index (χ1v) is 9.55. The van der Waals surface area contributed by atoms with Gasteiger partial charge in [-0.3, -0.25) is 9.59 Å². The van der Waals surface area contributed by atoms with Gasteiger partial charge < -0.3 is 4.90 Å². The van der Waals surface area contributed by atoms with Gasteiger partial charge in [-0.1, -0.05) is 48.5 Å². The Morgan fingerprint density at radius 1 is 1.00 bits per heavy atom. The third kappa shape index (κ3) is 3.14. The molecule has 0 radical (unpaired) electrons. The Balaban J connectivity index is 1.56. The number of hydrogen-bond donors (Lipinski definition) is 0. The van der Waals surface area contributed by atoms with E-state index in [0.29, 0.717) is 30.6 Å². The van der Waals surface area contributed by atoms with Crippen LogP contribution in [0.3, 0.4) is 0 Å². The maximum Gasteiger partial charge on any atom is 0.255 e. The molecule has 126 valence electrons. The molecule has 0 atom stereocenters. The molecule has 2 aromatic rings. The number of rotatable bonds is 2. The van der Waals surface area contributed by atoms with Gasteiger partial charge in [0.05, 0.1) is 5.56 Å². The van der Waals surface area contributed by atoms with Gasteiger partial charge in [0, 0.05) is 35.7 Å². The number of carbonyl (C=O) groups excluding carboxylic acids is 2. The minimum absolute atomic E-state index is 0.0300. The fourth-order valence-electron chi connectivity index (χ4n) is 3.40. The van der Waals surface area contributed by atoms with E-state index in [1.807, 2.05) is 41.3 Å². The Hall–Kier alpha value is -2.33. The maximum absolute atomic E-state index is 13.0. The molecule has 4 rings (SSSR count). The van der Waals surface area contributed by atoms with E-state index in [2.05, 4.69) is 18.2 Å². The molecule has 0 unspecified atom stereocenters. The van der Waals surface area contributed by atoms with Gasteiger partial charge in [-0.25, -0.2) is 0 Å². The molecular formula is C21H19NO2S. The summed E-state index contributed by atoms with van der Waals surface area (Å²) in [6.07, 6.45) is 3.56. The van der Waals surface area contributed by atoms with Crippen LogP contribution in [0.25, 0.3) is 5.57 Å². The maximum atomic E-state index is 13.0. The Morgan fingerprint density at radius 3 is 2.60 bits per heavy atom. The van der Waals surface area contributed by atoms with Gasteiger partial charge in [0.25, 0.3) is 5.91 Å². The number of hydrogen-bond acceptors (Lipinski definition) is 3. The number of nitrogens with zero attached hydrogens (tertiary/aromatic N) is 1. The SMILES string of the molecule is O=C1CCSc2c1cccc2C(=O)N1CC=C(c2ccccc2)CC1. The van der Waals surface area contributed by atoms with Crippen molar-refractivity contribution in [1.82, 2.24) is 4.90 Å². The van der Waals surface area contributed by atoms with Gasteiger partial charge in [-0.2, -0.15) is 0 Å². The normalized spacial score (nSPS) is 17.0. The third-order valence-electron chi connectivity index (χ3n) is 4.76. The minimum atomic E-state index is 0.0300. The summed E-state index contributed by atoms with van der Waals surface area (Å²) in [5.41, 5.74) is 3.91. The van der Waals surface area contributed by atoms with Gasteiger partial charge in [0.15, 0.2) is 5.78 Å². The van der Waals surface area contributed by atoms with Crippen molar-refractivity contribution in [2.45, 2.75) is 17.7 Å². The van der Waals surface area contributed by atoms with Crippen LogP contribution in [0, 0.1) is 0 Å². The highest BCUT2D eigenvalue weighted by molar-refractivity contribution is 7.99. The number of amides is 1. The summed E-state index contributed by atoms with van der Waals surface area (Å²) >= 11 is 1.63. The quantitative estimate of drug-likeness (QED) is 0.811. The van der Waals surface area contributed by atoms with Crippen LogP contribution in [-0.4, -0.2) is 35.4 Å². The van der Waals surface area contributed by atoms with Gasteiger partial charge in [-0.15, -0.1) is 11.8 Å². The Labute approximate surface area is 151 Å². The Kier molecular flexibility index (Phi) is 4.45. The van der Waals surface area contributed by atoms with Crippen LogP contribution in [0.1, 0.15) is 39.1 Å². The highest BCUT2D eigenvalue weighted by Crippen LogP contribution is 2.34. The summed E-state index contributed by atoms with van der Waals surface area (Å²) in [5, 5.41) is 0. The molecule has 1 amide bonds. The van der Waals surface area contributed by atoms with Crippen molar-refractivity contribution in [1.29, 1.82) is 0 Å². The Morgan fingerprint density at radius 2 is 1.84 bits per heavy atom. The fourth-order valence-corrected chi connectivity index (χ4v) is 4.54. The summed E-state index contributed by atoms with van der Waals surface area (Å²) in [6, 6.07) is 15.8. The molecule has 0 bridgehead atoms. The number of benzene rings is 2. The number of carbonyl (C=O) groups is 2. The van der Waals surface area contributed by atoms with Crippen molar-refractivity contribution in [2.24, 2.45) is 0 Å². The zero-order valence-electron chi connectivity index (χ0n) is 13.9. The molecule has 3 nitrogen and oxygen atoms in total. The standard InChI is InChI=1S/C21H19NO2S/c23-19-11-14-25-20-17(19)7-4-8-18(20)21(24)22-12-9-16(10-13-22)15-5-2-1-3-6-15/h1-9H,10-14H2. The van der Waals surface area contributed by atoms with Crippen LogP contribution in [0.5, 0.6) is 0 Å². The van der Waals surface area contributed by atoms with Gasteiger partial charge >= 0.3 is 0 Å². The van der Waals surface area contributed by atoms with Gasteiger partial charge in [0.2, 0.25) is 0 Å². The molecule has 2 heterocycles. The summed E-state index contributed by atoms with van der Waals surface area (Å²) < 4.78 is 0. The van der Waals surface area contributed by atoms with Crippen molar-refractivity contribution in [3.63, 3.8) is 0 Å². The summed E-state index contributed by atoms with van der Waals surface area (Å²) in [6.45, 7) is 1.33. The lowest BCUT2D eigenvalue weighted by Crippen LogP contribution is -2.35. The van der Waals surface area contributed by atoms with E-state index in [9.17, 15) is 9.59 Å². The van der Waals surface area contributed by atoms with Crippen LogP contribution in [-0.2, 0) is 0 Å². The summed E-state index contributed by atoms with van der Waals surface area (Å²) in [7, 11) is 0. The summed E-state index contributed by atoms with van der Waals surface area (Å²) in [4.78, 5) is 27.8. The molecule has 0 spiro atoms. The molecule has 0 N–H and O–H groups in total. The lowest BCUT2D eigenvalue weighted by atomic mass is 9.98. The van der Waals surface area contributed by atoms with E-state index < -0.39 is 0 Å². The first-order chi connectivity index (χ1) is 12.2. The van der Waals surface area contributed by atoms with Crippen LogP contribution in [0.15, 0.2) is 59.5 Å². The lowest BCUT2D eigenvalue weighted by molar-refractivity contribution is 0.0769. The molecule has 25 heavy (non-hydrogen) atoms. The zero-order chi connectivity index (χ0) is 17.2. The molecule has 2 aliphatic rings. The van der Waals surface area contributed by atoms with Crippen LogP contribution in [0.4, 0.5) is 0 Å². The van der Waals surface area contributed by atoms with Crippen LogP contribution >= 0.6 is 11.8 Å². The van der Waals surface area contributed by atoms with Crippen molar-refractivity contribution in [3.05, 3.63) is 71.3 Å². The predicted octanol–water partition coefficient (Wildman–Crippen LogP) is 4.29. The summed E-state index contributed by atoms with van der Waals surface area (Å²) in [5.74, 6) is 0.935. The minimum Gasteiger partial charge on any atom is -0.335 e. The molecule has 0 saturated heterocycles. The first-order valence-electron chi connectivity index (χ1n) is 8.57. The molecule has 0 fully saturated rings. The van der Waals surface area contributed by atoms with E-state index in [0.717, 1.165) is 17.1 Å². The van der Waals surface area contributed by atoms with Crippen molar-refractivity contribution in [2.75, 3.05) is 18.8 Å². The molecular weight excluding hydrogens is 330 g/mol. The predicted molar refractivity (Wildman–Crippen MR) is 101 cm³/mol. The van der Waals surface area contributed by atoms with E-state index in [-0.39, 0.29) is 11.7 Å². The molecule has 2 aromatic carbocycles. The highest BCUT2D eigenvalue weighted by Gasteiger charge is 2.26. The van der Waals surface area contributed by atoms with Crippen LogP contribution in [0.2, 0.25) is 0 Å². The molecule has 4 heteroatoms. The van der Waals surface area contributed by atoms with Gasteiger partial charge in [-0.05, 0) is 23.6 Å². The average Bonchev–Trinajstić information content (AvgIpc) is 2.68. The number of ketones is 1. The fraction of sp³-hybridized carbons (Fsp3) is 0.238. The largest absolute Gasteiger partial charge is 0.335 e. The van der Waals surface area contributed by atoms with E-state index >= 15 is 0 Å². The molecule has 0 saturated carbocycles. The lowest BCUT2D eigenvalue weighted by Gasteiger charge is -2.28. The highest BCUT2D eigenvalue weighted by atomic mass is 32.2. The second-order valence-corrected chi connectivity index (χ2v) is 7.41. The topological polar surface area (TPSA) is 37.4 Å². The third-order valence-corrected chi connectivity index (χ3v) is 5.90. The second kappa shape index (κ2) is 6.89. The van der Waals surface area contributed by atoms with E-state index in [4.69, 9.17) is 0 Å². The zero-order valence-corrected chi connectivity index (χ0v) is 14.7. The van der Waals surface area contributed by atoms with Crippen molar-refractivity contribution >= 4 is 29.0 Å². The molecule has 2 aliphatic heterocycles. The number of fused-ring (bicyclic) bond motifs is 1. The van der Waals surface area contributed by atoms with Gasteiger partial charge in [0.1, 0.15) is 0 Å².